The zero-order chi connectivity index (χ0) is 11.4. The molecule has 0 aliphatic rings. The lowest BCUT2D eigenvalue weighted by Gasteiger charge is -2.02. The van der Waals surface area contributed by atoms with Gasteiger partial charge in [-0.1, -0.05) is 31.2 Å². The molecule has 0 amide bonds. The van der Waals surface area contributed by atoms with Crippen LogP contribution in [0.2, 0.25) is 0 Å². The highest BCUT2D eigenvalue weighted by atomic mass is 16.1. The van der Waals surface area contributed by atoms with Crippen LogP contribution in [0.3, 0.4) is 0 Å². The number of pyridine rings is 1. The normalized spacial score (nSPS) is 10.1. The van der Waals surface area contributed by atoms with E-state index < -0.39 is 0 Å². The maximum absolute atomic E-state index is 12.1. The van der Waals surface area contributed by atoms with E-state index in [1.165, 1.54) is 5.56 Å². The minimum Gasteiger partial charge on any atom is -0.287 e. The van der Waals surface area contributed by atoms with Crippen LogP contribution in [0.4, 0.5) is 0 Å². The highest BCUT2D eigenvalue weighted by Crippen LogP contribution is 2.10. The van der Waals surface area contributed by atoms with Crippen molar-refractivity contribution in [1.29, 1.82) is 0 Å². The molecule has 0 N–H and O–H groups in total. The second kappa shape index (κ2) is 4.71. The van der Waals surface area contributed by atoms with Crippen molar-refractivity contribution in [2.45, 2.75) is 13.3 Å². The maximum Gasteiger partial charge on any atom is 0.211 e. The molecule has 2 nitrogen and oxygen atoms in total. The number of rotatable bonds is 3. The molecule has 2 heteroatoms. The molecule has 2 rings (SSSR count). The molecular formula is C14H13NO. The number of benzene rings is 1. The molecule has 2 aromatic rings. The van der Waals surface area contributed by atoms with E-state index in [1.807, 2.05) is 30.3 Å². The maximum atomic E-state index is 12.1. The predicted molar refractivity (Wildman–Crippen MR) is 63.5 cm³/mol. The van der Waals surface area contributed by atoms with Gasteiger partial charge < -0.3 is 0 Å². The molecule has 0 atom stereocenters. The van der Waals surface area contributed by atoms with Crippen molar-refractivity contribution in [3.63, 3.8) is 0 Å². The molecular weight excluding hydrogens is 198 g/mol. The molecule has 0 spiro atoms. The van der Waals surface area contributed by atoms with E-state index in [2.05, 4.69) is 11.9 Å². The lowest BCUT2D eigenvalue weighted by molar-refractivity contribution is 0.103. The molecule has 0 unspecified atom stereocenters. The van der Waals surface area contributed by atoms with Gasteiger partial charge in [-0.2, -0.15) is 0 Å². The molecule has 0 fully saturated rings. The van der Waals surface area contributed by atoms with Crippen LogP contribution in [0.15, 0.2) is 48.7 Å². The molecule has 0 bridgehead atoms. The molecule has 0 saturated carbocycles. The molecule has 0 saturated heterocycles. The van der Waals surface area contributed by atoms with E-state index >= 15 is 0 Å². The summed E-state index contributed by atoms with van der Waals surface area (Å²) >= 11 is 0. The Balaban J connectivity index is 2.34. The highest BCUT2D eigenvalue weighted by molar-refractivity contribution is 6.07. The standard InChI is InChI=1S/C14H13NO/c1-2-11-6-5-7-12(10-11)14(16)13-8-3-4-9-15-13/h3-10H,2H2,1H3. The molecule has 1 aromatic heterocycles. The Kier molecular flexibility index (Phi) is 3.10. The topological polar surface area (TPSA) is 30.0 Å². The van der Waals surface area contributed by atoms with Crippen molar-refractivity contribution >= 4 is 5.78 Å². The van der Waals surface area contributed by atoms with Gasteiger partial charge in [-0.3, -0.25) is 9.78 Å². The minimum atomic E-state index is -0.0177. The molecule has 1 heterocycles. The Bertz CT molecular complexity index is 491. The lowest BCUT2D eigenvalue weighted by Crippen LogP contribution is -2.03. The Morgan fingerprint density at radius 2 is 2.06 bits per heavy atom. The summed E-state index contributed by atoms with van der Waals surface area (Å²) < 4.78 is 0. The van der Waals surface area contributed by atoms with Crippen LogP contribution in [0.1, 0.15) is 28.5 Å². The number of aromatic nitrogens is 1. The molecule has 1 aromatic carbocycles. The Morgan fingerprint density at radius 3 is 2.75 bits per heavy atom. The predicted octanol–water partition coefficient (Wildman–Crippen LogP) is 2.88. The summed E-state index contributed by atoms with van der Waals surface area (Å²) in [4.78, 5) is 16.1. The fraction of sp³-hybridized carbons (Fsp3) is 0.143. The van der Waals surface area contributed by atoms with Gasteiger partial charge in [-0.15, -0.1) is 0 Å². The molecule has 16 heavy (non-hydrogen) atoms. The zero-order valence-corrected chi connectivity index (χ0v) is 9.18. The second-order valence-electron chi connectivity index (χ2n) is 3.60. The summed E-state index contributed by atoms with van der Waals surface area (Å²) in [6.45, 7) is 2.07. The van der Waals surface area contributed by atoms with Gasteiger partial charge in [0.1, 0.15) is 5.69 Å². The van der Waals surface area contributed by atoms with Crippen LogP contribution >= 0.6 is 0 Å². The van der Waals surface area contributed by atoms with E-state index in [-0.39, 0.29) is 5.78 Å². The van der Waals surface area contributed by atoms with Crippen LogP contribution in [0.25, 0.3) is 0 Å². The lowest BCUT2D eigenvalue weighted by atomic mass is 10.0. The monoisotopic (exact) mass is 211 g/mol. The van der Waals surface area contributed by atoms with Crippen molar-refractivity contribution in [2.75, 3.05) is 0 Å². The number of aryl methyl sites for hydroxylation is 1. The van der Waals surface area contributed by atoms with Gasteiger partial charge in [0.05, 0.1) is 0 Å². The van der Waals surface area contributed by atoms with Gasteiger partial charge in [0.15, 0.2) is 0 Å². The summed E-state index contributed by atoms with van der Waals surface area (Å²) in [6.07, 6.45) is 2.57. The first kappa shape index (κ1) is 10.6. The second-order valence-corrected chi connectivity index (χ2v) is 3.60. The zero-order valence-electron chi connectivity index (χ0n) is 9.18. The van der Waals surface area contributed by atoms with E-state index in [4.69, 9.17) is 0 Å². The first-order valence-electron chi connectivity index (χ1n) is 5.36. The third kappa shape index (κ3) is 2.16. The molecule has 80 valence electrons. The van der Waals surface area contributed by atoms with Crippen LogP contribution < -0.4 is 0 Å². The van der Waals surface area contributed by atoms with Crippen LogP contribution in [-0.2, 0) is 6.42 Å². The summed E-state index contributed by atoms with van der Waals surface area (Å²) in [5.41, 5.74) is 2.37. The van der Waals surface area contributed by atoms with Gasteiger partial charge in [0.2, 0.25) is 5.78 Å². The fourth-order valence-electron chi connectivity index (χ4n) is 1.58. The molecule has 0 aliphatic carbocycles. The van der Waals surface area contributed by atoms with Crippen LogP contribution in [0.5, 0.6) is 0 Å². The van der Waals surface area contributed by atoms with Crippen molar-refractivity contribution in [3.05, 3.63) is 65.5 Å². The SMILES string of the molecule is CCc1cccc(C(=O)c2ccccn2)c1. The molecule has 0 radical (unpaired) electrons. The van der Waals surface area contributed by atoms with Crippen molar-refractivity contribution in [3.8, 4) is 0 Å². The average molecular weight is 211 g/mol. The van der Waals surface area contributed by atoms with Gasteiger partial charge in [0.25, 0.3) is 0 Å². The Morgan fingerprint density at radius 1 is 1.19 bits per heavy atom. The van der Waals surface area contributed by atoms with E-state index in [0.29, 0.717) is 11.3 Å². The Labute approximate surface area is 95.0 Å². The van der Waals surface area contributed by atoms with Crippen molar-refractivity contribution in [1.82, 2.24) is 4.98 Å². The van der Waals surface area contributed by atoms with E-state index in [0.717, 1.165) is 6.42 Å². The quantitative estimate of drug-likeness (QED) is 0.731. The van der Waals surface area contributed by atoms with Gasteiger partial charge >= 0.3 is 0 Å². The van der Waals surface area contributed by atoms with Crippen molar-refractivity contribution < 1.29 is 4.79 Å². The number of carbonyl (C=O) groups is 1. The van der Waals surface area contributed by atoms with Crippen LogP contribution in [-0.4, -0.2) is 10.8 Å². The van der Waals surface area contributed by atoms with E-state index in [9.17, 15) is 4.79 Å². The summed E-state index contributed by atoms with van der Waals surface area (Å²) in [5.74, 6) is -0.0177. The Hall–Kier alpha value is -1.96. The fourth-order valence-corrected chi connectivity index (χ4v) is 1.58. The van der Waals surface area contributed by atoms with E-state index in [1.54, 1.807) is 18.3 Å². The van der Waals surface area contributed by atoms with Gasteiger partial charge in [0, 0.05) is 11.8 Å². The number of hydrogen-bond donors (Lipinski definition) is 0. The number of hydrogen-bond acceptors (Lipinski definition) is 2. The van der Waals surface area contributed by atoms with Gasteiger partial charge in [-0.25, -0.2) is 0 Å². The van der Waals surface area contributed by atoms with Gasteiger partial charge in [-0.05, 0) is 30.2 Å². The largest absolute Gasteiger partial charge is 0.287 e. The third-order valence-electron chi connectivity index (χ3n) is 2.49. The summed E-state index contributed by atoms with van der Waals surface area (Å²) in [6, 6.07) is 13.1. The first-order chi connectivity index (χ1) is 7.81. The summed E-state index contributed by atoms with van der Waals surface area (Å²) in [7, 11) is 0. The van der Waals surface area contributed by atoms with Crippen LogP contribution in [0, 0.1) is 0 Å². The summed E-state index contributed by atoms with van der Waals surface area (Å²) in [5, 5.41) is 0. The smallest absolute Gasteiger partial charge is 0.211 e. The first-order valence-corrected chi connectivity index (χ1v) is 5.36. The van der Waals surface area contributed by atoms with Crippen molar-refractivity contribution in [2.24, 2.45) is 0 Å². The number of nitrogens with zero attached hydrogens (tertiary/aromatic N) is 1. The third-order valence-corrected chi connectivity index (χ3v) is 2.49. The molecule has 0 aliphatic heterocycles. The number of carbonyl (C=O) groups excluding carboxylic acids is 1. The highest BCUT2D eigenvalue weighted by Gasteiger charge is 2.09. The average Bonchev–Trinajstić information content (AvgIpc) is 2.39. The number of ketones is 1. The minimum absolute atomic E-state index is 0.0177.